The first-order chi connectivity index (χ1) is 18.0. The quantitative estimate of drug-likeness (QED) is 0.346. The average Bonchev–Trinajstić information content (AvgIpc) is 3.73. The van der Waals surface area contributed by atoms with Gasteiger partial charge in [-0.25, -0.2) is 0 Å². The number of hydrogen-bond acceptors (Lipinski definition) is 5. The van der Waals surface area contributed by atoms with Crippen molar-refractivity contribution in [1.29, 1.82) is 0 Å². The molecule has 1 unspecified atom stereocenters. The van der Waals surface area contributed by atoms with Crippen molar-refractivity contribution < 1.29 is 19.5 Å². The van der Waals surface area contributed by atoms with Crippen molar-refractivity contribution in [3.63, 3.8) is 0 Å². The van der Waals surface area contributed by atoms with Crippen LogP contribution in [0.2, 0.25) is 0 Å². The summed E-state index contributed by atoms with van der Waals surface area (Å²) in [7, 11) is 0. The molecule has 3 aliphatic rings. The third kappa shape index (κ3) is 7.98. The summed E-state index contributed by atoms with van der Waals surface area (Å²) in [6.07, 6.45) is 19.2. The van der Waals surface area contributed by atoms with Crippen LogP contribution >= 0.6 is 0 Å². The van der Waals surface area contributed by atoms with Gasteiger partial charge in [-0.05, 0) is 86.6 Å². The van der Waals surface area contributed by atoms with Gasteiger partial charge in [0, 0.05) is 31.5 Å². The lowest BCUT2D eigenvalue weighted by molar-refractivity contribution is -0.137. The Kier molecular flexibility index (Phi) is 9.86. The number of aromatic hydroxyl groups is 1. The van der Waals surface area contributed by atoms with E-state index in [9.17, 15) is 9.90 Å². The standard InChI is InChI=1S/C31H42N2O4/c1-3-12-28-14-9-6-4-5-8-13-26(32-36-22-30(35)33-17-10-7-11-18-33)19-25-20-27(34)21-29(24-15-16-24)31(25)23(2)37-28/h6,8-9,13,20-21,24,28,34H,2-5,7,10-12,14-19,22H2,1H3/b9-6+,13-8+,32-26-. The van der Waals surface area contributed by atoms with Crippen LogP contribution < -0.4 is 0 Å². The van der Waals surface area contributed by atoms with Gasteiger partial charge in [-0.1, -0.05) is 43.3 Å². The number of benzene rings is 1. The second kappa shape index (κ2) is 13.5. The normalized spacial score (nSPS) is 24.0. The molecule has 0 radical (unpaired) electrons. The van der Waals surface area contributed by atoms with Gasteiger partial charge in [0.15, 0.2) is 6.61 Å². The molecule has 6 heteroatoms. The molecule has 6 nitrogen and oxygen atoms in total. The van der Waals surface area contributed by atoms with Gasteiger partial charge in [-0.3, -0.25) is 4.79 Å². The number of hydrogen-bond donors (Lipinski definition) is 1. The van der Waals surface area contributed by atoms with Crippen LogP contribution in [0.3, 0.4) is 0 Å². The molecule has 1 atom stereocenters. The zero-order valence-corrected chi connectivity index (χ0v) is 22.3. The van der Waals surface area contributed by atoms with Crippen molar-refractivity contribution in [2.24, 2.45) is 5.16 Å². The van der Waals surface area contributed by atoms with Crippen LogP contribution in [0.4, 0.5) is 0 Å². The van der Waals surface area contributed by atoms with Crippen molar-refractivity contribution in [2.45, 2.75) is 89.6 Å². The van der Waals surface area contributed by atoms with E-state index in [1.807, 2.05) is 17.0 Å². The summed E-state index contributed by atoms with van der Waals surface area (Å²) >= 11 is 0. The Morgan fingerprint density at radius 1 is 1.16 bits per heavy atom. The summed E-state index contributed by atoms with van der Waals surface area (Å²) in [6.45, 7) is 8.06. The molecule has 1 saturated heterocycles. The van der Waals surface area contributed by atoms with Gasteiger partial charge in [0.25, 0.3) is 5.91 Å². The Labute approximate surface area is 221 Å². The highest BCUT2D eigenvalue weighted by Crippen LogP contribution is 2.46. The number of phenols is 1. The SMILES string of the molecule is C=C1OC(CCC)C/C=C/CC/C=C/C(=N/OCC(=O)N2CCCCC2)Cc2cc(O)cc(C3CC3)c21. The highest BCUT2D eigenvalue weighted by atomic mass is 16.6. The molecule has 4 rings (SSSR count). The van der Waals surface area contributed by atoms with E-state index in [0.29, 0.717) is 23.8 Å². The summed E-state index contributed by atoms with van der Waals surface area (Å²) in [5.74, 6) is 1.30. The molecule has 1 saturated carbocycles. The molecule has 200 valence electrons. The number of ether oxygens (including phenoxy) is 1. The number of allylic oxidation sites excluding steroid dienone is 3. The number of piperidine rings is 1. The topological polar surface area (TPSA) is 71.4 Å². The summed E-state index contributed by atoms with van der Waals surface area (Å²) < 4.78 is 6.47. The van der Waals surface area contributed by atoms with E-state index in [2.05, 4.69) is 36.9 Å². The maximum atomic E-state index is 12.6. The fraction of sp³-hybridized carbons (Fsp3) is 0.548. The summed E-state index contributed by atoms with van der Waals surface area (Å²) in [6, 6.07) is 3.65. The summed E-state index contributed by atoms with van der Waals surface area (Å²) in [4.78, 5) is 20.0. The van der Waals surface area contributed by atoms with E-state index in [1.165, 1.54) is 6.42 Å². The average molecular weight is 507 g/mol. The van der Waals surface area contributed by atoms with E-state index >= 15 is 0 Å². The number of carbonyl (C=O) groups excluding carboxylic acids is 1. The number of oxime groups is 1. The van der Waals surface area contributed by atoms with Crippen molar-refractivity contribution >= 4 is 17.4 Å². The van der Waals surface area contributed by atoms with Crippen LogP contribution in [-0.2, 0) is 20.8 Å². The number of carbonyl (C=O) groups is 1. The van der Waals surface area contributed by atoms with Gasteiger partial charge in [-0.15, -0.1) is 0 Å². The molecule has 37 heavy (non-hydrogen) atoms. The zero-order valence-electron chi connectivity index (χ0n) is 22.3. The van der Waals surface area contributed by atoms with Crippen molar-refractivity contribution in [3.05, 3.63) is 59.7 Å². The molecule has 1 aliphatic carbocycles. The highest BCUT2D eigenvalue weighted by molar-refractivity contribution is 5.97. The number of phenolic OH excluding ortho intramolecular Hbond substituents is 1. The Morgan fingerprint density at radius 2 is 1.95 bits per heavy atom. The van der Waals surface area contributed by atoms with Crippen LogP contribution in [0.15, 0.2) is 48.2 Å². The maximum absolute atomic E-state index is 12.6. The van der Waals surface area contributed by atoms with Gasteiger partial charge in [0.2, 0.25) is 0 Å². The van der Waals surface area contributed by atoms with Crippen molar-refractivity contribution in [3.8, 4) is 5.75 Å². The molecule has 0 bridgehead atoms. The minimum Gasteiger partial charge on any atom is -0.508 e. The van der Waals surface area contributed by atoms with Crippen LogP contribution in [0.25, 0.3) is 5.76 Å². The highest BCUT2D eigenvalue weighted by Gasteiger charge is 2.30. The van der Waals surface area contributed by atoms with E-state index < -0.39 is 0 Å². The number of fused-ring (bicyclic) bond motifs is 1. The van der Waals surface area contributed by atoms with Gasteiger partial charge < -0.3 is 19.6 Å². The van der Waals surface area contributed by atoms with Crippen LogP contribution in [-0.4, -0.2) is 47.4 Å². The Balaban J connectivity index is 1.60. The summed E-state index contributed by atoms with van der Waals surface area (Å²) in [5, 5.41) is 15.0. The number of rotatable bonds is 6. The van der Waals surface area contributed by atoms with Crippen LogP contribution in [0.1, 0.15) is 93.7 Å². The van der Waals surface area contributed by atoms with E-state index in [1.54, 1.807) is 6.07 Å². The first kappa shape index (κ1) is 27.0. The second-order valence-electron chi connectivity index (χ2n) is 10.5. The third-order valence-corrected chi connectivity index (χ3v) is 7.28. The third-order valence-electron chi connectivity index (χ3n) is 7.28. The number of amides is 1. The first-order valence-corrected chi connectivity index (χ1v) is 14.0. The molecule has 2 aliphatic heterocycles. The fourth-order valence-corrected chi connectivity index (χ4v) is 5.21. The Morgan fingerprint density at radius 3 is 2.70 bits per heavy atom. The van der Waals surface area contributed by atoms with Gasteiger partial charge in [0.05, 0.1) is 5.71 Å². The zero-order chi connectivity index (χ0) is 26.0. The van der Waals surface area contributed by atoms with E-state index in [0.717, 1.165) is 87.6 Å². The minimum absolute atomic E-state index is 0.0168. The maximum Gasteiger partial charge on any atom is 0.263 e. The summed E-state index contributed by atoms with van der Waals surface area (Å²) in [5.41, 5.74) is 3.71. The van der Waals surface area contributed by atoms with Gasteiger partial charge in [0.1, 0.15) is 17.6 Å². The molecule has 1 aromatic carbocycles. The molecule has 1 N–H and O–H groups in total. The molecule has 2 fully saturated rings. The molecule has 0 spiro atoms. The minimum atomic E-state index is -0.0607. The van der Waals surface area contributed by atoms with Crippen molar-refractivity contribution in [2.75, 3.05) is 19.7 Å². The lowest BCUT2D eigenvalue weighted by Crippen LogP contribution is -2.37. The van der Waals surface area contributed by atoms with Gasteiger partial charge >= 0.3 is 0 Å². The van der Waals surface area contributed by atoms with E-state index in [-0.39, 0.29) is 24.4 Å². The largest absolute Gasteiger partial charge is 0.508 e. The smallest absolute Gasteiger partial charge is 0.263 e. The number of likely N-dealkylation sites (tertiary alicyclic amines) is 1. The molecule has 1 amide bonds. The number of nitrogens with zero attached hydrogens (tertiary/aromatic N) is 2. The lowest BCUT2D eigenvalue weighted by Gasteiger charge is -2.26. The fourth-order valence-electron chi connectivity index (χ4n) is 5.21. The monoisotopic (exact) mass is 506 g/mol. The lowest BCUT2D eigenvalue weighted by atomic mass is 9.92. The predicted molar refractivity (Wildman–Crippen MR) is 149 cm³/mol. The van der Waals surface area contributed by atoms with E-state index in [4.69, 9.17) is 9.57 Å². The van der Waals surface area contributed by atoms with Crippen molar-refractivity contribution in [1.82, 2.24) is 4.90 Å². The van der Waals surface area contributed by atoms with Crippen LogP contribution in [0, 0.1) is 0 Å². The molecule has 0 aromatic heterocycles. The van der Waals surface area contributed by atoms with Crippen LogP contribution in [0.5, 0.6) is 5.75 Å². The molecule has 2 heterocycles. The molecular weight excluding hydrogens is 464 g/mol. The first-order valence-electron chi connectivity index (χ1n) is 14.0. The molecule has 1 aromatic rings. The Hall–Kier alpha value is -3.02. The second-order valence-corrected chi connectivity index (χ2v) is 10.5. The predicted octanol–water partition coefficient (Wildman–Crippen LogP) is 6.65. The molecular formula is C31H42N2O4. The Bertz CT molecular complexity index is 1030. The van der Waals surface area contributed by atoms with Gasteiger partial charge in [-0.2, -0.15) is 0 Å².